The van der Waals surface area contributed by atoms with Crippen LogP contribution in [0, 0.1) is 11.3 Å². The monoisotopic (exact) mass is 196 g/mol. The van der Waals surface area contributed by atoms with Crippen molar-refractivity contribution in [2.24, 2.45) is 17.1 Å². The lowest BCUT2D eigenvalue weighted by atomic mass is 9.84. The van der Waals surface area contributed by atoms with Crippen molar-refractivity contribution in [2.75, 3.05) is 19.6 Å². The summed E-state index contributed by atoms with van der Waals surface area (Å²) in [5.41, 5.74) is 6.67. The molecule has 0 aromatic heterocycles. The molecule has 1 unspecified atom stereocenters. The molecule has 1 saturated carbocycles. The van der Waals surface area contributed by atoms with Gasteiger partial charge in [0.25, 0.3) is 0 Å². The van der Waals surface area contributed by atoms with E-state index in [0.717, 1.165) is 12.5 Å². The van der Waals surface area contributed by atoms with Gasteiger partial charge in [-0.15, -0.1) is 0 Å². The smallest absolute Gasteiger partial charge is 0.0196 e. The molecule has 1 aliphatic carbocycles. The van der Waals surface area contributed by atoms with Crippen molar-refractivity contribution in [2.45, 2.75) is 45.6 Å². The Morgan fingerprint density at radius 1 is 1.43 bits per heavy atom. The fraction of sp³-hybridized carbons (Fsp3) is 1.00. The number of nitrogens with two attached hydrogens (primary N) is 1. The van der Waals surface area contributed by atoms with Crippen LogP contribution in [0.4, 0.5) is 0 Å². The van der Waals surface area contributed by atoms with E-state index in [-0.39, 0.29) is 0 Å². The predicted octanol–water partition coefficient (Wildman–Crippen LogP) is 1.85. The quantitative estimate of drug-likeness (QED) is 0.746. The van der Waals surface area contributed by atoms with E-state index < -0.39 is 0 Å². The van der Waals surface area contributed by atoms with Crippen LogP contribution in [0.3, 0.4) is 0 Å². The first-order chi connectivity index (χ1) is 6.57. The minimum Gasteiger partial charge on any atom is -0.326 e. The first kappa shape index (κ1) is 10.4. The summed E-state index contributed by atoms with van der Waals surface area (Å²) in [7, 11) is 0. The highest BCUT2D eigenvalue weighted by atomic mass is 15.1. The molecule has 1 heterocycles. The molecule has 1 aliphatic heterocycles. The first-order valence-corrected chi connectivity index (χ1v) is 6.05. The molecule has 2 nitrogen and oxygen atoms in total. The fourth-order valence-corrected chi connectivity index (χ4v) is 2.67. The van der Waals surface area contributed by atoms with Gasteiger partial charge < -0.3 is 10.6 Å². The summed E-state index contributed by atoms with van der Waals surface area (Å²) in [5, 5.41) is 0. The molecule has 0 bridgehead atoms. The van der Waals surface area contributed by atoms with Crippen molar-refractivity contribution >= 4 is 0 Å². The van der Waals surface area contributed by atoms with Gasteiger partial charge in [-0.2, -0.15) is 0 Å². The third-order valence-corrected chi connectivity index (χ3v) is 3.68. The van der Waals surface area contributed by atoms with Gasteiger partial charge in [0, 0.05) is 19.1 Å². The van der Waals surface area contributed by atoms with E-state index in [1.165, 1.54) is 38.8 Å². The van der Waals surface area contributed by atoms with E-state index in [1.807, 2.05) is 0 Å². The molecule has 0 spiro atoms. The molecule has 2 fully saturated rings. The average Bonchev–Trinajstić information content (AvgIpc) is 2.83. The van der Waals surface area contributed by atoms with E-state index in [2.05, 4.69) is 18.7 Å². The summed E-state index contributed by atoms with van der Waals surface area (Å²) in [6.45, 7) is 8.40. The van der Waals surface area contributed by atoms with Crippen molar-refractivity contribution in [1.82, 2.24) is 4.90 Å². The third-order valence-electron chi connectivity index (χ3n) is 3.68. The zero-order valence-corrected chi connectivity index (χ0v) is 9.63. The zero-order chi connectivity index (χ0) is 10.2. The zero-order valence-electron chi connectivity index (χ0n) is 9.63. The SMILES string of the molecule is CC1(C)CCCN(CC(N)C2CC2)C1. The number of likely N-dealkylation sites (tertiary alicyclic amines) is 1. The minimum absolute atomic E-state index is 0.448. The normalized spacial score (nSPS) is 30.2. The molecule has 2 heteroatoms. The van der Waals surface area contributed by atoms with Crippen molar-refractivity contribution in [3.63, 3.8) is 0 Å². The summed E-state index contributed by atoms with van der Waals surface area (Å²) in [4.78, 5) is 2.58. The maximum absolute atomic E-state index is 6.16. The Bertz CT molecular complexity index is 196. The lowest BCUT2D eigenvalue weighted by molar-refractivity contribution is 0.109. The fourth-order valence-electron chi connectivity index (χ4n) is 2.67. The molecule has 2 rings (SSSR count). The standard InChI is InChI=1S/C12H24N2/c1-12(2)6-3-7-14(9-12)8-11(13)10-4-5-10/h10-11H,3-9,13H2,1-2H3. The summed E-state index contributed by atoms with van der Waals surface area (Å²) in [6.07, 6.45) is 5.48. The molecule has 0 radical (unpaired) electrons. The van der Waals surface area contributed by atoms with Crippen LogP contribution in [0.5, 0.6) is 0 Å². The van der Waals surface area contributed by atoms with E-state index in [4.69, 9.17) is 5.73 Å². The van der Waals surface area contributed by atoms with E-state index in [1.54, 1.807) is 0 Å². The Hall–Kier alpha value is -0.0800. The number of hydrogen-bond acceptors (Lipinski definition) is 2. The van der Waals surface area contributed by atoms with E-state index >= 15 is 0 Å². The van der Waals surface area contributed by atoms with Crippen LogP contribution >= 0.6 is 0 Å². The number of nitrogens with zero attached hydrogens (tertiary/aromatic N) is 1. The Balaban J connectivity index is 1.79. The van der Waals surface area contributed by atoms with Crippen molar-refractivity contribution in [3.8, 4) is 0 Å². The van der Waals surface area contributed by atoms with Gasteiger partial charge in [-0.3, -0.25) is 0 Å². The molecule has 0 aromatic rings. The number of rotatable bonds is 3. The Labute approximate surface area is 87.8 Å². The van der Waals surface area contributed by atoms with Crippen molar-refractivity contribution in [3.05, 3.63) is 0 Å². The second-order valence-corrected chi connectivity index (χ2v) is 6.00. The van der Waals surface area contributed by atoms with Crippen molar-refractivity contribution < 1.29 is 0 Å². The largest absolute Gasteiger partial charge is 0.326 e. The van der Waals surface area contributed by atoms with Gasteiger partial charge >= 0.3 is 0 Å². The first-order valence-electron chi connectivity index (χ1n) is 6.05. The molecule has 82 valence electrons. The maximum Gasteiger partial charge on any atom is 0.0196 e. The van der Waals surface area contributed by atoms with Gasteiger partial charge in [0.2, 0.25) is 0 Å². The molecule has 0 amide bonds. The highest BCUT2D eigenvalue weighted by Gasteiger charge is 2.32. The summed E-state index contributed by atoms with van der Waals surface area (Å²) in [6, 6.07) is 0.448. The minimum atomic E-state index is 0.448. The molecule has 14 heavy (non-hydrogen) atoms. The van der Waals surface area contributed by atoms with Gasteiger partial charge in [-0.05, 0) is 43.6 Å². The van der Waals surface area contributed by atoms with Crippen LogP contribution in [0.2, 0.25) is 0 Å². The van der Waals surface area contributed by atoms with Gasteiger partial charge in [0.15, 0.2) is 0 Å². The summed E-state index contributed by atoms with van der Waals surface area (Å²) >= 11 is 0. The molecule has 2 aliphatic rings. The number of hydrogen-bond donors (Lipinski definition) is 1. The summed E-state index contributed by atoms with van der Waals surface area (Å²) in [5.74, 6) is 0.847. The van der Waals surface area contributed by atoms with Gasteiger partial charge in [-0.1, -0.05) is 13.8 Å². The van der Waals surface area contributed by atoms with Crippen LogP contribution in [0.25, 0.3) is 0 Å². The van der Waals surface area contributed by atoms with Gasteiger partial charge in [0.1, 0.15) is 0 Å². The van der Waals surface area contributed by atoms with Gasteiger partial charge in [0.05, 0.1) is 0 Å². The third kappa shape index (κ3) is 2.71. The second kappa shape index (κ2) is 3.82. The topological polar surface area (TPSA) is 29.3 Å². The van der Waals surface area contributed by atoms with E-state index in [0.29, 0.717) is 11.5 Å². The second-order valence-electron chi connectivity index (χ2n) is 6.00. The molecular formula is C12H24N2. The molecular weight excluding hydrogens is 172 g/mol. The Kier molecular flexibility index (Phi) is 2.85. The van der Waals surface area contributed by atoms with Crippen LogP contribution < -0.4 is 5.73 Å². The van der Waals surface area contributed by atoms with Crippen LogP contribution in [0.1, 0.15) is 39.5 Å². The van der Waals surface area contributed by atoms with Crippen LogP contribution in [-0.2, 0) is 0 Å². The number of piperidine rings is 1. The van der Waals surface area contributed by atoms with Crippen molar-refractivity contribution in [1.29, 1.82) is 0 Å². The average molecular weight is 196 g/mol. The van der Waals surface area contributed by atoms with Crippen LogP contribution in [-0.4, -0.2) is 30.6 Å². The van der Waals surface area contributed by atoms with E-state index in [9.17, 15) is 0 Å². The highest BCUT2D eigenvalue weighted by molar-refractivity contribution is 4.88. The lowest BCUT2D eigenvalue weighted by Crippen LogP contribution is -2.46. The highest BCUT2D eigenvalue weighted by Crippen LogP contribution is 2.33. The Morgan fingerprint density at radius 2 is 2.14 bits per heavy atom. The molecule has 1 saturated heterocycles. The molecule has 2 N–H and O–H groups in total. The van der Waals surface area contributed by atoms with Crippen LogP contribution in [0.15, 0.2) is 0 Å². The maximum atomic E-state index is 6.16. The lowest BCUT2D eigenvalue weighted by Gasteiger charge is -2.39. The predicted molar refractivity (Wildman–Crippen MR) is 60.2 cm³/mol. The molecule has 1 atom stereocenters. The summed E-state index contributed by atoms with van der Waals surface area (Å²) < 4.78 is 0. The Morgan fingerprint density at radius 3 is 2.71 bits per heavy atom. The van der Waals surface area contributed by atoms with Gasteiger partial charge in [-0.25, -0.2) is 0 Å². The molecule has 0 aromatic carbocycles.